The van der Waals surface area contributed by atoms with Crippen LogP contribution in [0.4, 0.5) is 10.1 Å². The van der Waals surface area contributed by atoms with Gasteiger partial charge in [-0.1, -0.05) is 12.2 Å². The first-order valence-electron chi connectivity index (χ1n) is 8.75. The summed E-state index contributed by atoms with van der Waals surface area (Å²) in [7, 11) is 3.45. The van der Waals surface area contributed by atoms with Crippen LogP contribution in [0.1, 0.15) is 6.92 Å². The van der Waals surface area contributed by atoms with Crippen molar-refractivity contribution in [2.75, 3.05) is 58.3 Å². The van der Waals surface area contributed by atoms with Crippen LogP contribution in [-0.2, 0) is 4.79 Å². The highest BCUT2D eigenvalue weighted by Crippen LogP contribution is 2.17. The molecule has 0 aromatic heterocycles. The third-order valence-electron chi connectivity index (χ3n) is 4.18. The second kappa shape index (κ2) is 9.22. The van der Waals surface area contributed by atoms with Gasteiger partial charge in [-0.05, 0) is 31.2 Å². The molecule has 1 aliphatic heterocycles. The van der Waals surface area contributed by atoms with Gasteiger partial charge in [0.15, 0.2) is 5.96 Å². The number of rotatable bonds is 5. The molecule has 0 unspecified atom stereocenters. The Bertz CT molecular complexity index is 648. The highest BCUT2D eigenvalue weighted by Gasteiger charge is 2.20. The molecule has 0 bridgehead atoms. The van der Waals surface area contributed by atoms with E-state index in [0.29, 0.717) is 6.54 Å². The lowest BCUT2D eigenvalue weighted by molar-refractivity contribution is -0.127. The molecule has 1 amide bonds. The third kappa shape index (κ3) is 5.75. The van der Waals surface area contributed by atoms with Crippen LogP contribution in [-0.4, -0.2) is 75.0 Å². The Balaban J connectivity index is 2.00. The van der Waals surface area contributed by atoms with Gasteiger partial charge < -0.3 is 20.0 Å². The molecule has 2 rings (SSSR count). The zero-order chi connectivity index (χ0) is 19.1. The molecule has 1 aromatic rings. The zero-order valence-corrected chi connectivity index (χ0v) is 15.8. The number of guanidine groups is 1. The number of aliphatic imine (C=N–C) groups is 1. The van der Waals surface area contributed by atoms with Crippen molar-refractivity contribution in [3.05, 3.63) is 42.2 Å². The summed E-state index contributed by atoms with van der Waals surface area (Å²) in [4.78, 5) is 22.2. The number of carbonyl (C=O) groups is 1. The first-order chi connectivity index (χ1) is 12.4. The minimum atomic E-state index is -0.226. The number of benzene rings is 1. The molecule has 1 heterocycles. The van der Waals surface area contributed by atoms with Crippen LogP contribution in [0.2, 0.25) is 0 Å². The zero-order valence-electron chi connectivity index (χ0n) is 15.8. The van der Waals surface area contributed by atoms with E-state index in [1.807, 2.05) is 6.92 Å². The molecule has 142 valence electrons. The van der Waals surface area contributed by atoms with Crippen molar-refractivity contribution < 1.29 is 9.18 Å². The fourth-order valence-corrected chi connectivity index (χ4v) is 2.61. The van der Waals surface area contributed by atoms with Gasteiger partial charge in [-0.25, -0.2) is 9.38 Å². The first-order valence-corrected chi connectivity index (χ1v) is 8.75. The number of hydrogen-bond acceptors (Lipinski definition) is 3. The van der Waals surface area contributed by atoms with Crippen LogP contribution in [0, 0.1) is 5.82 Å². The molecular formula is C19H28FN5O. The predicted octanol–water partition coefficient (Wildman–Crippen LogP) is 1.56. The average molecular weight is 361 g/mol. The maximum absolute atomic E-state index is 13.1. The molecular weight excluding hydrogens is 333 g/mol. The van der Waals surface area contributed by atoms with Gasteiger partial charge in [0.1, 0.15) is 12.4 Å². The van der Waals surface area contributed by atoms with Gasteiger partial charge in [-0.2, -0.15) is 0 Å². The Morgan fingerprint density at radius 1 is 1.23 bits per heavy atom. The molecule has 1 aliphatic rings. The second-order valence-corrected chi connectivity index (χ2v) is 6.69. The molecule has 26 heavy (non-hydrogen) atoms. The number of nitrogens with one attached hydrogen (secondary N) is 1. The minimum absolute atomic E-state index is 0.0374. The van der Waals surface area contributed by atoms with E-state index in [-0.39, 0.29) is 18.3 Å². The van der Waals surface area contributed by atoms with E-state index in [9.17, 15) is 9.18 Å². The molecule has 0 saturated carbocycles. The molecule has 0 spiro atoms. The molecule has 1 fully saturated rings. The Morgan fingerprint density at radius 2 is 1.85 bits per heavy atom. The maximum Gasteiger partial charge on any atom is 0.243 e. The van der Waals surface area contributed by atoms with Gasteiger partial charge in [0.05, 0.1) is 0 Å². The Kier molecular flexibility index (Phi) is 7.00. The van der Waals surface area contributed by atoms with Crippen molar-refractivity contribution in [1.29, 1.82) is 0 Å². The largest absolute Gasteiger partial charge is 0.368 e. The molecule has 1 N–H and O–H groups in total. The van der Waals surface area contributed by atoms with Gasteiger partial charge >= 0.3 is 0 Å². The highest BCUT2D eigenvalue weighted by molar-refractivity contribution is 5.85. The van der Waals surface area contributed by atoms with E-state index in [2.05, 4.69) is 26.7 Å². The van der Waals surface area contributed by atoms with Gasteiger partial charge in [-0.3, -0.25) is 4.79 Å². The average Bonchev–Trinajstić information content (AvgIpc) is 2.62. The van der Waals surface area contributed by atoms with Gasteiger partial charge in [0.25, 0.3) is 0 Å². The Hall–Kier alpha value is -2.57. The van der Waals surface area contributed by atoms with E-state index >= 15 is 0 Å². The standard InChI is InChI=1S/C19H28FN5O/c1-15(2)13-21-19(22-14-18(26)23(3)4)25-11-9-24(10-12-25)17-7-5-16(20)6-8-17/h5-8H,1,9-14H2,2-4H3,(H,21,22). The number of amides is 1. The van der Waals surface area contributed by atoms with Crippen LogP contribution in [0.3, 0.4) is 0 Å². The van der Waals surface area contributed by atoms with Crippen LogP contribution in [0.5, 0.6) is 0 Å². The third-order valence-corrected chi connectivity index (χ3v) is 4.18. The monoisotopic (exact) mass is 361 g/mol. The first kappa shape index (κ1) is 19.8. The summed E-state index contributed by atoms with van der Waals surface area (Å²) in [5, 5.41) is 3.28. The van der Waals surface area contributed by atoms with E-state index in [1.165, 1.54) is 17.0 Å². The van der Waals surface area contributed by atoms with E-state index < -0.39 is 0 Å². The number of likely N-dealkylation sites (N-methyl/N-ethyl adjacent to an activating group) is 1. The second-order valence-electron chi connectivity index (χ2n) is 6.69. The van der Waals surface area contributed by atoms with Crippen molar-refractivity contribution >= 4 is 17.6 Å². The molecule has 6 nitrogen and oxygen atoms in total. The Morgan fingerprint density at radius 3 is 2.38 bits per heavy atom. The fourth-order valence-electron chi connectivity index (χ4n) is 2.61. The fraction of sp³-hybridized carbons (Fsp3) is 0.474. The number of anilines is 1. The summed E-state index contributed by atoms with van der Waals surface area (Å²) in [6, 6.07) is 6.57. The lowest BCUT2D eigenvalue weighted by Gasteiger charge is -2.37. The number of hydrogen-bond donors (Lipinski definition) is 1. The molecule has 0 atom stereocenters. The van der Waals surface area contributed by atoms with Crippen LogP contribution in [0.25, 0.3) is 0 Å². The minimum Gasteiger partial charge on any atom is -0.368 e. The number of piperazine rings is 1. The van der Waals surface area contributed by atoms with E-state index in [4.69, 9.17) is 0 Å². The summed E-state index contributed by atoms with van der Waals surface area (Å²) in [5.41, 5.74) is 2.02. The molecule has 7 heteroatoms. The predicted molar refractivity (Wildman–Crippen MR) is 104 cm³/mol. The summed E-state index contributed by atoms with van der Waals surface area (Å²) in [6.45, 7) is 9.74. The van der Waals surface area contributed by atoms with Gasteiger partial charge in [0.2, 0.25) is 5.91 Å². The molecule has 0 aliphatic carbocycles. The number of halogens is 1. The van der Waals surface area contributed by atoms with Crippen LogP contribution >= 0.6 is 0 Å². The molecule has 1 saturated heterocycles. The lowest BCUT2D eigenvalue weighted by atomic mass is 10.2. The summed E-state index contributed by atoms with van der Waals surface area (Å²) < 4.78 is 13.1. The van der Waals surface area contributed by atoms with Gasteiger partial charge in [0, 0.05) is 52.5 Å². The summed E-state index contributed by atoms with van der Waals surface area (Å²) in [5.74, 6) is 0.461. The van der Waals surface area contributed by atoms with Crippen LogP contribution < -0.4 is 10.2 Å². The van der Waals surface area contributed by atoms with Gasteiger partial charge in [-0.15, -0.1) is 0 Å². The lowest BCUT2D eigenvalue weighted by Crippen LogP contribution is -2.53. The smallest absolute Gasteiger partial charge is 0.243 e. The quantitative estimate of drug-likeness (QED) is 0.491. The molecule has 1 aromatic carbocycles. The van der Waals surface area contributed by atoms with Crippen molar-refractivity contribution in [1.82, 2.24) is 15.1 Å². The maximum atomic E-state index is 13.1. The van der Waals surface area contributed by atoms with E-state index in [1.54, 1.807) is 26.2 Å². The normalized spacial score (nSPS) is 15.0. The van der Waals surface area contributed by atoms with Crippen molar-refractivity contribution in [2.24, 2.45) is 4.99 Å². The van der Waals surface area contributed by atoms with Crippen molar-refractivity contribution in [2.45, 2.75) is 6.92 Å². The van der Waals surface area contributed by atoms with Crippen LogP contribution in [0.15, 0.2) is 41.4 Å². The summed E-state index contributed by atoms with van der Waals surface area (Å²) in [6.07, 6.45) is 0. The Labute approximate surface area is 155 Å². The van der Waals surface area contributed by atoms with E-state index in [0.717, 1.165) is 43.4 Å². The molecule has 0 radical (unpaired) electrons. The van der Waals surface area contributed by atoms with Crippen molar-refractivity contribution in [3.8, 4) is 0 Å². The topological polar surface area (TPSA) is 51.2 Å². The number of carbonyl (C=O) groups excluding carboxylic acids is 1. The number of nitrogens with zero attached hydrogens (tertiary/aromatic N) is 4. The highest BCUT2D eigenvalue weighted by atomic mass is 19.1. The SMILES string of the molecule is C=C(C)CNC(=NCC(=O)N(C)C)N1CCN(c2ccc(F)cc2)CC1. The van der Waals surface area contributed by atoms with Crippen molar-refractivity contribution in [3.63, 3.8) is 0 Å². The summed E-state index contributed by atoms with van der Waals surface area (Å²) >= 11 is 0.